The number of amides is 2. The van der Waals surface area contributed by atoms with Crippen molar-refractivity contribution >= 4 is 17.5 Å². The third-order valence-corrected chi connectivity index (χ3v) is 4.21. The quantitative estimate of drug-likeness (QED) is 0.840. The van der Waals surface area contributed by atoms with E-state index in [1.807, 2.05) is 43.0 Å². The number of benzene rings is 1. The summed E-state index contributed by atoms with van der Waals surface area (Å²) < 4.78 is 5.66. The van der Waals surface area contributed by atoms with Crippen molar-refractivity contribution < 1.29 is 14.3 Å². The molecule has 0 radical (unpaired) electrons. The van der Waals surface area contributed by atoms with Gasteiger partial charge in [0, 0.05) is 37.3 Å². The molecule has 2 aliphatic rings. The van der Waals surface area contributed by atoms with Crippen LogP contribution >= 0.6 is 0 Å². The summed E-state index contributed by atoms with van der Waals surface area (Å²) in [4.78, 5) is 28.0. The van der Waals surface area contributed by atoms with Crippen molar-refractivity contribution in [2.24, 2.45) is 0 Å². The Bertz CT molecular complexity index is 560. The standard InChI is InChI=1S/C17H22N2O3/c1-12-10-18(11-13(2)22-12)17(21)14-5-7-15(8-6-14)19-9-3-4-16(19)20/h5-8,12-13H,3-4,9-11H2,1-2H3/t12-,13-/m1/s1. The molecule has 0 aliphatic carbocycles. The van der Waals surface area contributed by atoms with Gasteiger partial charge in [0.25, 0.3) is 5.91 Å². The second kappa shape index (κ2) is 6.08. The van der Waals surface area contributed by atoms with Gasteiger partial charge < -0.3 is 14.5 Å². The first-order valence-corrected chi connectivity index (χ1v) is 7.90. The number of hydrogen-bond donors (Lipinski definition) is 0. The molecule has 0 saturated carbocycles. The topological polar surface area (TPSA) is 49.9 Å². The molecule has 2 heterocycles. The zero-order valence-corrected chi connectivity index (χ0v) is 13.1. The van der Waals surface area contributed by atoms with Crippen LogP contribution in [0.25, 0.3) is 0 Å². The first kappa shape index (κ1) is 15.0. The number of carbonyl (C=O) groups excluding carboxylic acids is 2. The molecular weight excluding hydrogens is 280 g/mol. The minimum Gasteiger partial charge on any atom is -0.372 e. The molecule has 0 unspecified atom stereocenters. The van der Waals surface area contributed by atoms with Crippen LogP contribution in [0.5, 0.6) is 0 Å². The molecule has 2 atom stereocenters. The van der Waals surface area contributed by atoms with E-state index in [0.717, 1.165) is 18.7 Å². The van der Waals surface area contributed by atoms with Gasteiger partial charge >= 0.3 is 0 Å². The lowest BCUT2D eigenvalue weighted by Gasteiger charge is -2.35. The van der Waals surface area contributed by atoms with E-state index in [4.69, 9.17) is 4.74 Å². The Morgan fingerprint density at radius 2 is 1.77 bits per heavy atom. The van der Waals surface area contributed by atoms with E-state index < -0.39 is 0 Å². The van der Waals surface area contributed by atoms with Crippen molar-refractivity contribution in [1.82, 2.24) is 4.90 Å². The second-order valence-corrected chi connectivity index (χ2v) is 6.16. The van der Waals surface area contributed by atoms with Crippen LogP contribution in [0, 0.1) is 0 Å². The zero-order valence-electron chi connectivity index (χ0n) is 13.1. The maximum atomic E-state index is 12.6. The smallest absolute Gasteiger partial charge is 0.254 e. The minimum absolute atomic E-state index is 0.0290. The molecule has 1 aromatic carbocycles. The highest BCUT2D eigenvalue weighted by Gasteiger charge is 2.27. The fourth-order valence-corrected chi connectivity index (χ4v) is 3.23. The number of nitrogens with zero attached hydrogens (tertiary/aromatic N) is 2. The van der Waals surface area contributed by atoms with E-state index in [-0.39, 0.29) is 24.0 Å². The van der Waals surface area contributed by atoms with Gasteiger partial charge in [0.2, 0.25) is 5.91 Å². The van der Waals surface area contributed by atoms with E-state index in [1.165, 1.54) is 0 Å². The highest BCUT2D eigenvalue weighted by Crippen LogP contribution is 2.22. The van der Waals surface area contributed by atoms with Crippen molar-refractivity contribution in [3.05, 3.63) is 29.8 Å². The van der Waals surface area contributed by atoms with Gasteiger partial charge in [0.1, 0.15) is 0 Å². The van der Waals surface area contributed by atoms with Crippen LogP contribution in [0.1, 0.15) is 37.0 Å². The number of ether oxygens (including phenoxy) is 1. The summed E-state index contributed by atoms with van der Waals surface area (Å²) >= 11 is 0. The van der Waals surface area contributed by atoms with Gasteiger partial charge in [0.15, 0.2) is 0 Å². The number of rotatable bonds is 2. The summed E-state index contributed by atoms with van der Waals surface area (Å²) in [6.45, 7) is 5.98. The lowest BCUT2D eigenvalue weighted by atomic mass is 10.1. The molecule has 3 rings (SSSR count). The van der Waals surface area contributed by atoms with Gasteiger partial charge in [-0.2, -0.15) is 0 Å². The van der Waals surface area contributed by atoms with Crippen molar-refractivity contribution in [1.29, 1.82) is 0 Å². The van der Waals surface area contributed by atoms with Crippen molar-refractivity contribution in [2.75, 3.05) is 24.5 Å². The largest absolute Gasteiger partial charge is 0.372 e. The fraction of sp³-hybridized carbons (Fsp3) is 0.529. The predicted molar refractivity (Wildman–Crippen MR) is 83.9 cm³/mol. The van der Waals surface area contributed by atoms with Crippen molar-refractivity contribution in [3.63, 3.8) is 0 Å². The van der Waals surface area contributed by atoms with E-state index in [2.05, 4.69) is 0 Å². The van der Waals surface area contributed by atoms with Crippen LogP contribution in [-0.4, -0.2) is 48.6 Å². The zero-order chi connectivity index (χ0) is 15.7. The highest BCUT2D eigenvalue weighted by molar-refractivity contribution is 5.97. The van der Waals surface area contributed by atoms with Crippen LogP contribution in [0.3, 0.4) is 0 Å². The number of anilines is 1. The van der Waals surface area contributed by atoms with Crippen molar-refractivity contribution in [2.45, 2.75) is 38.9 Å². The molecule has 0 spiro atoms. The normalized spacial score (nSPS) is 25.6. The summed E-state index contributed by atoms with van der Waals surface area (Å²) in [5, 5.41) is 0. The third kappa shape index (κ3) is 2.99. The summed E-state index contributed by atoms with van der Waals surface area (Å²) in [6, 6.07) is 7.36. The van der Waals surface area contributed by atoms with Gasteiger partial charge in [-0.05, 0) is 44.5 Å². The first-order valence-electron chi connectivity index (χ1n) is 7.90. The van der Waals surface area contributed by atoms with E-state index >= 15 is 0 Å². The molecular formula is C17H22N2O3. The molecule has 118 valence electrons. The number of carbonyl (C=O) groups is 2. The number of hydrogen-bond acceptors (Lipinski definition) is 3. The second-order valence-electron chi connectivity index (χ2n) is 6.16. The summed E-state index contributed by atoms with van der Waals surface area (Å²) in [5.74, 6) is 0.191. The molecule has 2 fully saturated rings. The lowest BCUT2D eigenvalue weighted by Crippen LogP contribution is -2.48. The Labute approximate surface area is 130 Å². The van der Waals surface area contributed by atoms with E-state index in [0.29, 0.717) is 25.1 Å². The Morgan fingerprint density at radius 3 is 2.32 bits per heavy atom. The van der Waals surface area contributed by atoms with Crippen LogP contribution in [0.15, 0.2) is 24.3 Å². The van der Waals surface area contributed by atoms with Gasteiger partial charge in [-0.3, -0.25) is 9.59 Å². The molecule has 5 nitrogen and oxygen atoms in total. The van der Waals surface area contributed by atoms with Gasteiger partial charge in [-0.25, -0.2) is 0 Å². The van der Waals surface area contributed by atoms with Gasteiger partial charge in [0.05, 0.1) is 12.2 Å². The molecule has 5 heteroatoms. The lowest BCUT2D eigenvalue weighted by molar-refractivity contribution is -0.117. The predicted octanol–water partition coefficient (Wildman–Crippen LogP) is 2.06. The Hall–Kier alpha value is -1.88. The van der Waals surface area contributed by atoms with Crippen LogP contribution in [-0.2, 0) is 9.53 Å². The average molecular weight is 302 g/mol. The summed E-state index contributed by atoms with van der Waals surface area (Å²) in [7, 11) is 0. The maximum absolute atomic E-state index is 12.6. The summed E-state index contributed by atoms with van der Waals surface area (Å²) in [6.07, 6.45) is 1.65. The average Bonchev–Trinajstić information content (AvgIpc) is 2.92. The Morgan fingerprint density at radius 1 is 1.14 bits per heavy atom. The van der Waals surface area contributed by atoms with Gasteiger partial charge in [-0.15, -0.1) is 0 Å². The molecule has 2 saturated heterocycles. The molecule has 2 aliphatic heterocycles. The molecule has 2 amide bonds. The molecule has 0 aromatic heterocycles. The maximum Gasteiger partial charge on any atom is 0.254 e. The monoisotopic (exact) mass is 302 g/mol. The Kier molecular flexibility index (Phi) is 4.16. The molecule has 0 N–H and O–H groups in total. The molecule has 1 aromatic rings. The van der Waals surface area contributed by atoms with Crippen LogP contribution in [0.4, 0.5) is 5.69 Å². The van der Waals surface area contributed by atoms with Gasteiger partial charge in [-0.1, -0.05) is 0 Å². The molecule has 0 bridgehead atoms. The van der Waals surface area contributed by atoms with E-state index in [9.17, 15) is 9.59 Å². The fourth-order valence-electron chi connectivity index (χ4n) is 3.23. The first-order chi connectivity index (χ1) is 10.5. The molecule has 22 heavy (non-hydrogen) atoms. The van der Waals surface area contributed by atoms with Crippen LogP contribution < -0.4 is 4.90 Å². The summed E-state index contributed by atoms with van der Waals surface area (Å²) in [5.41, 5.74) is 1.54. The Balaban J connectivity index is 1.72. The van der Waals surface area contributed by atoms with E-state index in [1.54, 1.807) is 4.90 Å². The highest BCUT2D eigenvalue weighted by atomic mass is 16.5. The van der Waals surface area contributed by atoms with Crippen LogP contribution in [0.2, 0.25) is 0 Å². The van der Waals surface area contributed by atoms with Crippen molar-refractivity contribution in [3.8, 4) is 0 Å². The minimum atomic E-state index is 0.0290. The number of morpholine rings is 1. The third-order valence-electron chi connectivity index (χ3n) is 4.21. The SMILES string of the molecule is C[C@@H]1CN(C(=O)c2ccc(N3CCCC3=O)cc2)C[C@@H](C)O1.